The standard InChI is InChI=1S/C15H12O2S/c1-17-12-6-7-13-14(9-18-15(13)8-12)10-2-4-11(16)5-3-10/h2-9,16H,1H3. The van der Waals surface area contributed by atoms with Gasteiger partial charge in [0.2, 0.25) is 0 Å². The molecule has 1 heterocycles. The monoisotopic (exact) mass is 256 g/mol. The summed E-state index contributed by atoms with van der Waals surface area (Å²) in [6.45, 7) is 0. The first-order valence-electron chi connectivity index (χ1n) is 5.62. The van der Waals surface area contributed by atoms with E-state index in [0.29, 0.717) is 5.75 Å². The van der Waals surface area contributed by atoms with Gasteiger partial charge < -0.3 is 9.84 Å². The second-order valence-corrected chi connectivity index (χ2v) is 4.97. The van der Waals surface area contributed by atoms with Crippen LogP contribution in [0.3, 0.4) is 0 Å². The topological polar surface area (TPSA) is 29.5 Å². The average molecular weight is 256 g/mol. The highest BCUT2D eigenvalue weighted by molar-refractivity contribution is 7.17. The van der Waals surface area contributed by atoms with Crippen molar-refractivity contribution in [2.75, 3.05) is 7.11 Å². The number of thiophene rings is 1. The van der Waals surface area contributed by atoms with Crippen molar-refractivity contribution in [2.45, 2.75) is 0 Å². The minimum absolute atomic E-state index is 0.292. The normalized spacial score (nSPS) is 10.7. The Kier molecular flexibility index (Phi) is 2.68. The molecule has 0 bridgehead atoms. The second kappa shape index (κ2) is 4.35. The lowest BCUT2D eigenvalue weighted by molar-refractivity contribution is 0.415. The SMILES string of the molecule is COc1ccc2c(-c3ccc(O)cc3)csc2c1. The third-order valence-electron chi connectivity index (χ3n) is 2.96. The van der Waals surface area contributed by atoms with Gasteiger partial charge >= 0.3 is 0 Å². The quantitative estimate of drug-likeness (QED) is 0.741. The highest BCUT2D eigenvalue weighted by atomic mass is 32.1. The van der Waals surface area contributed by atoms with E-state index in [2.05, 4.69) is 11.4 Å². The van der Waals surface area contributed by atoms with Crippen LogP contribution in [0.1, 0.15) is 0 Å². The molecule has 18 heavy (non-hydrogen) atoms. The number of phenols is 1. The van der Waals surface area contributed by atoms with Gasteiger partial charge in [0.15, 0.2) is 0 Å². The Morgan fingerprint density at radius 2 is 1.83 bits per heavy atom. The molecule has 0 saturated carbocycles. The molecule has 2 nitrogen and oxygen atoms in total. The third-order valence-corrected chi connectivity index (χ3v) is 3.91. The molecular formula is C15H12O2S. The van der Waals surface area contributed by atoms with Crippen LogP contribution in [0.25, 0.3) is 21.2 Å². The zero-order valence-corrected chi connectivity index (χ0v) is 10.7. The fraction of sp³-hybridized carbons (Fsp3) is 0.0667. The number of rotatable bonds is 2. The summed E-state index contributed by atoms with van der Waals surface area (Å²) in [7, 11) is 1.68. The lowest BCUT2D eigenvalue weighted by atomic mass is 10.0. The molecule has 0 unspecified atom stereocenters. The molecule has 90 valence electrons. The molecule has 1 aromatic heterocycles. The fourth-order valence-corrected chi connectivity index (χ4v) is 3.00. The van der Waals surface area contributed by atoms with Crippen LogP contribution in [-0.4, -0.2) is 12.2 Å². The highest BCUT2D eigenvalue weighted by Gasteiger charge is 2.07. The summed E-state index contributed by atoms with van der Waals surface area (Å²) in [5.74, 6) is 1.17. The first-order valence-corrected chi connectivity index (χ1v) is 6.50. The maximum absolute atomic E-state index is 9.32. The molecule has 0 aliphatic rings. The van der Waals surface area contributed by atoms with E-state index in [1.807, 2.05) is 24.3 Å². The number of hydrogen-bond donors (Lipinski definition) is 1. The van der Waals surface area contributed by atoms with Gasteiger partial charge in [-0.3, -0.25) is 0 Å². The van der Waals surface area contributed by atoms with Crippen molar-refractivity contribution in [3.63, 3.8) is 0 Å². The van der Waals surface area contributed by atoms with Crippen molar-refractivity contribution < 1.29 is 9.84 Å². The molecule has 1 N–H and O–H groups in total. The predicted octanol–water partition coefficient (Wildman–Crippen LogP) is 4.28. The minimum atomic E-state index is 0.292. The van der Waals surface area contributed by atoms with Crippen molar-refractivity contribution >= 4 is 21.4 Å². The Morgan fingerprint density at radius 1 is 1.06 bits per heavy atom. The lowest BCUT2D eigenvalue weighted by Gasteiger charge is -2.02. The van der Waals surface area contributed by atoms with E-state index in [-0.39, 0.29) is 0 Å². The van der Waals surface area contributed by atoms with Crippen LogP contribution in [0.15, 0.2) is 47.8 Å². The summed E-state index contributed by atoms with van der Waals surface area (Å²) < 4.78 is 6.43. The Morgan fingerprint density at radius 3 is 2.56 bits per heavy atom. The molecule has 0 amide bonds. The smallest absolute Gasteiger partial charge is 0.120 e. The largest absolute Gasteiger partial charge is 0.508 e. The van der Waals surface area contributed by atoms with Gasteiger partial charge in [0.25, 0.3) is 0 Å². The van der Waals surface area contributed by atoms with Crippen molar-refractivity contribution in [3.05, 3.63) is 47.8 Å². The van der Waals surface area contributed by atoms with Gasteiger partial charge in [-0.1, -0.05) is 12.1 Å². The zero-order valence-electron chi connectivity index (χ0n) is 9.88. The van der Waals surface area contributed by atoms with E-state index in [4.69, 9.17) is 4.74 Å². The van der Waals surface area contributed by atoms with Crippen molar-refractivity contribution in [3.8, 4) is 22.6 Å². The average Bonchev–Trinajstić information content (AvgIpc) is 2.82. The lowest BCUT2D eigenvalue weighted by Crippen LogP contribution is -1.81. The summed E-state index contributed by atoms with van der Waals surface area (Å²) in [5, 5.41) is 12.7. The van der Waals surface area contributed by atoms with Crippen LogP contribution in [0.4, 0.5) is 0 Å². The molecule has 0 spiro atoms. The highest BCUT2D eigenvalue weighted by Crippen LogP contribution is 2.36. The summed E-state index contributed by atoms with van der Waals surface area (Å²) in [6, 6.07) is 13.4. The maximum atomic E-state index is 9.32. The van der Waals surface area contributed by atoms with Crippen LogP contribution in [0.5, 0.6) is 11.5 Å². The van der Waals surface area contributed by atoms with Crippen LogP contribution in [0.2, 0.25) is 0 Å². The molecule has 0 radical (unpaired) electrons. The summed E-state index contributed by atoms with van der Waals surface area (Å²) in [4.78, 5) is 0. The summed E-state index contributed by atoms with van der Waals surface area (Å²) >= 11 is 1.70. The molecule has 0 aliphatic carbocycles. The maximum Gasteiger partial charge on any atom is 0.120 e. The number of ether oxygens (including phenoxy) is 1. The van der Waals surface area contributed by atoms with Gasteiger partial charge in [-0.25, -0.2) is 0 Å². The summed E-state index contributed by atoms with van der Waals surface area (Å²) in [5.41, 5.74) is 2.31. The Hall–Kier alpha value is -2.00. The van der Waals surface area contributed by atoms with Gasteiger partial charge in [0.1, 0.15) is 11.5 Å². The van der Waals surface area contributed by atoms with Crippen LogP contribution < -0.4 is 4.74 Å². The van der Waals surface area contributed by atoms with E-state index in [1.165, 1.54) is 15.6 Å². The van der Waals surface area contributed by atoms with E-state index in [9.17, 15) is 5.11 Å². The predicted molar refractivity (Wildman–Crippen MR) is 75.5 cm³/mol. The van der Waals surface area contributed by atoms with E-state index < -0.39 is 0 Å². The number of benzene rings is 2. The van der Waals surface area contributed by atoms with Crippen molar-refractivity contribution in [1.82, 2.24) is 0 Å². The van der Waals surface area contributed by atoms with Gasteiger partial charge in [0, 0.05) is 15.6 Å². The molecule has 2 aromatic carbocycles. The number of methoxy groups -OCH3 is 1. The molecule has 0 atom stereocenters. The molecule has 0 saturated heterocycles. The number of aromatic hydroxyl groups is 1. The molecular weight excluding hydrogens is 244 g/mol. The van der Waals surface area contributed by atoms with Crippen molar-refractivity contribution in [1.29, 1.82) is 0 Å². The van der Waals surface area contributed by atoms with Crippen LogP contribution in [-0.2, 0) is 0 Å². The van der Waals surface area contributed by atoms with E-state index in [0.717, 1.165) is 11.3 Å². The zero-order chi connectivity index (χ0) is 12.5. The van der Waals surface area contributed by atoms with Crippen molar-refractivity contribution in [2.24, 2.45) is 0 Å². The molecule has 3 aromatic rings. The Bertz CT molecular complexity index is 683. The minimum Gasteiger partial charge on any atom is -0.508 e. The first-order chi connectivity index (χ1) is 8.78. The Balaban J connectivity index is 2.15. The summed E-state index contributed by atoms with van der Waals surface area (Å²) in [6.07, 6.45) is 0. The molecule has 0 fully saturated rings. The van der Waals surface area contributed by atoms with E-state index in [1.54, 1.807) is 30.6 Å². The van der Waals surface area contributed by atoms with Gasteiger partial charge in [-0.15, -0.1) is 11.3 Å². The number of fused-ring (bicyclic) bond motifs is 1. The first kappa shape index (κ1) is 11.1. The third kappa shape index (κ3) is 1.83. The van der Waals surface area contributed by atoms with Gasteiger partial charge in [-0.05, 0) is 41.3 Å². The fourth-order valence-electron chi connectivity index (χ4n) is 2.00. The molecule has 0 aliphatic heterocycles. The van der Waals surface area contributed by atoms with Gasteiger partial charge in [-0.2, -0.15) is 0 Å². The van der Waals surface area contributed by atoms with Crippen LogP contribution >= 0.6 is 11.3 Å². The van der Waals surface area contributed by atoms with Crippen LogP contribution in [0, 0.1) is 0 Å². The van der Waals surface area contributed by atoms with E-state index >= 15 is 0 Å². The second-order valence-electron chi connectivity index (χ2n) is 4.06. The molecule has 3 heteroatoms. The number of hydrogen-bond acceptors (Lipinski definition) is 3. The number of phenolic OH excluding ortho intramolecular Hbond substituents is 1. The van der Waals surface area contributed by atoms with Gasteiger partial charge in [0.05, 0.1) is 7.11 Å². The molecule has 3 rings (SSSR count). The Labute approximate surface area is 109 Å².